The number of aromatic nitrogens is 1. The number of nitrogens with two attached hydrogens (primary N) is 1. The average Bonchev–Trinajstić information content (AvgIpc) is 2.76. The lowest BCUT2D eigenvalue weighted by atomic mass is 10.0. The van der Waals surface area contributed by atoms with Gasteiger partial charge in [-0.25, -0.2) is 0 Å². The molecular formula is C17H18N2. The van der Waals surface area contributed by atoms with Gasteiger partial charge in [0.25, 0.3) is 0 Å². The van der Waals surface area contributed by atoms with E-state index in [2.05, 4.69) is 61.3 Å². The van der Waals surface area contributed by atoms with Crippen molar-refractivity contribution >= 4 is 10.9 Å². The van der Waals surface area contributed by atoms with Crippen LogP contribution in [0.1, 0.15) is 16.7 Å². The van der Waals surface area contributed by atoms with Crippen LogP contribution in [0.25, 0.3) is 22.2 Å². The Labute approximate surface area is 113 Å². The lowest BCUT2D eigenvalue weighted by Crippen LogP contribution is -1.95. The number of hydrogen-bond acceptors (Lipinski definition) is 1. The molecule has 3 rings (SSSR count). The summed E-state index contributed by atoms with van der Waals surface area (Å²) in [4.78, 5) is 3.53. The van der Waals surface area contributed by atoms with Crippen LogP contribution < -0.4 is 5.73 Å². The standard InChI is InChI=1S/C17H18N2/c1-11-5-3-4-6-14(11)17-12(2)15-9-13(10-18)7-8-16(15)19-17/h3-9,19H,10,18H2,1-2H3. The largest absolute Gasteiger partial charge is 0.354 e. The van der Waals surface area contributed by atoms with Gasteiger partial charge < -0.3 is 10.7 Å². The van der Waals surface area contributed by atoms with Crippen LogP contribution in [0.15, 0.2) is 42.5 Å². The maximum Gasteiger partial charge on any atom is 0.0497 e. The van der Waals surface area contributed by atoms with Gasteiger partial charge in [-0.15, -0.1) is 0 Å². The summed E-state index contributed by atoms with van der Waals surface area (Å²) in [6.45, 7) is 4.90. The predicted molar refractivity (Wildman–Crippen MR) is 81.1 cm³/mol. The predicted octanol–water partition coefficient (Wildman–Crippen LogP) is 3.91. The van der Waals surface area contributed by atoms with E-state index in [0.29, 0.717) is 6.54 Å². The smallest absolute Gasteiger partial charge is 0.0497 e. The molecular weight excluding hydrogens is 232 g/mol. The summed E-state index contributed by atoms with van der Waals surface area (Å²) in [7, 11) is 0. The minimum absolute atomic E-state index is 0.584. The minimum Gasteiger partial charge on any atom is -0.354 e. The third kappa shape index (κ3) is 1.94. The summed E-state index contributed by atoms with van der Waals surface area (Å²) in [6.07, 6.45) is 0. The molecule has 0 fully saturated rings. The van der Waals surface area contributed by atoms with E-state index in [1.165, 1.54) is 38.9 Å². The van der Waals surface area contributed by atoms with E-state index in [9.17, 15) is 0 Å². The molecule has 3 N–H and O–H groups in total. The SMILES string of the molecule is Cc1ccccc1-c1[nH]c2ccc(CN)cc2c1C. The summed E-state index contributed by atoms with van der Waals surface area (Å²) >= 11 is 0. The molecule has 1 aromatic heterocycles. The number of rotatable bonds is 2. The number of aromatic amines is 1. The molecule has 0 amide bonds. The van der Waals surface area contributed by atoms with E-state index in [1.807, 2.05) is 0 Å². The summed E-state index contributed by atoms with van der Waals surface area (Å²) in [5, 5.41) is 1.27. The molecule has 96 valence electrons. The van der Waals surface area contributed by atoms with Crippen molar-refractivity contribution in [2.45, 2.75) is 20.4 Å². The lowest BCUT2D eigenvalue weighted by Gasteiger charge is -2.04. The van der Waals surface area contributed by atoms with Crippen LogP contribution >= 0.6 is 0 Å². The molecule has 1 heterocycles. The van der Waals surface area contributed by atoms with Crippen LogP contribution in [0.4, 0.5) is 0 Å². The highest BCUT2D eigenvalue weighted by atomic mass is 14.7. The van der Waals surface area contributed by atoms with Crippen molar-refractivity contribution in [1.82, 2.24) is 4.98 Å². The molecule has 2 aromatic carbocycles. The Morgan fingerprint density at radius 3 is 2.58 bits per heavy atom. The van der Waals surface area contributed by atoms with E-state index in [1.54, 1.807) is 0 Å². The molecule has 0 radical (unpaired) electrons. The van der Waals surface area contributed by atoms with Crippen molar-refractivity contribution < 1.29 is 0 Å². The summed E-state index contributed by atoms with van der Waals surface area (Å²) in [5.74, 6) is 0. The van der Waals surface area contributed by atoms with Crippen LogP contribution in [0.5, 0.6) is 0 Å². The van der Waals surface area contributed by atoms with Crippen molar-refractivity contribution in [3.05, 3.63) is 59.2 Å². The molecule has 0 aliphatic heterocycles. The fraction of sp³-hybridized carbons (Fsp3) is 0.176. The van der Waals surface area contributed by atoms with Gasteiger partial charge in [0.1, 0.15) is 0 Å². The van der Waals surface area contributed by atoms with Gasteiger partial charge in [-0.2, -0.15) is 0 Å². The Kier molecular flexibility index (Phi) is 2.88. The number of H-pyrrole nitrogens is 1. The molecule has 19 heavy (non-hydrogen) atoms. The Bertz CT molecular complexity index is 738. The number of hydrogen-bond donors (Lipinski definition) is 2. The maximum atomic E-state index is 5.72. The molecule has 2 heteroatoms. The van der Waals surface area contributed by atoms with Gasteiger partial charge in [-0.3, -0.25) is 0 Å². The molecule has 0 bridgehead atoms. The van der Waals surface area contributed by atoms with Gasteiger partial charge >= 0.3 is 0 Å². The van der Waals surface area contributed by atoms with E-state index in [4.69, 9.17) is 5.73 Å². The summed E-state index contributed by atoms with van der Waals surface area (Å²) in [5.41, 5.74) is 13.1. The zero-order chi connectivity index (χ0) is 13.4. The maximum absolute atomic E-state index is 5.72. The third-order valence-electron chi connectivity index (χ3n) is 3.77. The second kappa shape index (κ2) is 4.56. The zero-order valence-electron chi connectivity index (χ0n) is 11.3. The van der Waals surface area contributed by atoms with Crippen molar-refractivity contribution in [2.75, 3.05) is 0 Å². The number of aryl methyl sites for hydroxylation is 2. The van der Waals surface area contributed by atoms with Gasteiger partial charge in [-0.1, -0.05) is 30.3 Å². The van der Waals surface area contributed by atoms with E-state index >= 15 is 0 Å². The summed E-state index contributed by atoms with van der Waals surface area (Å²) in [6, 6.07) is 14.8. The Morgan fingerprint density at radius 1 is 1.05 bits per heavy atom. The van der Waals surface area contributed by atoms with Crippen LogP contribution in [0, 0.1) is 13.8 Å². The molecule has 0 saturated heterocycles. The van der Waals surface area contributed by atoms with Crippen molar-refractivity contribution in [3.63, 3.8) is 0 Å². The van der Waals surface area contributed by atoms with E-state index < -0.39 is 0 Å². The molecule has 3 aromatic rings. The molecule has 0 saturated carbocycles. The number of nitrogens with one attached hydrogen (secondary N) is 1. The first-order valence-corrected chi connectivity index (χ1v) is 6.58. The Hall–Kier alpha value is -2.06. The lowest BCUT2D eigenvalue weighted by molar-refractivity contribution is 1.08. The van der Waals surface area contributed by atoms with Crippen LogP contribution in [-0.2, 0) is 6.54 Å². The van der Waals surface area contributed by atoms with Crippen LogP contribution in [0.3, 0.4) is 0 Å². The molecule has 0 spiro atoms. The molecule has 0 unspecified atom stereocenters. The molecule has 2 nitrogen and oxygen atoms in total. The quantitative estimate of drug-likeness (QED) is 0.711. The van der Waals surface area contributed by atoms with Crippen molar-refractivity contribution in [1.29, 1.82) is 0 Å². The van der Waals surface area contributed by atoms with Crippen LogP contribution in [0.2, 0.25) is 0 Å². The highest BCUT2D eigenvalue weighted by Gasteiger charge is 2.11. The third-order valence-corrected chi connectivity index (χ3v) is 3.77. The monoisotopic (exact) mass is 250 g/mol. The fourth-order valence-corrected chi connectivity index (χ4v) is 2.62. The van der Waals surface area contributed by atoms with Gasteiger partial charge in [0.05, 0.1) is 0 Å². The second-order valence-electron chi connectivity index (χ2n) is 5.02. The number of fused-ring (bicyclic) bond motifs is 1. The Morgan fingerprint density at radius 2 is 1.84 bits per heavy atom. The Balaban J connectivity index is 2.26. The molecule has 0 aliphatic rings. The van der Waals surface area contributed by atoms with E-state index in [-0.39, 0.29) is 0 Å². The number of benzene rings is 2. The summed E-state index contributed by atoms with van der Waals surface area (Å²) < 4.78 is 0. The van der Waals surface area contributed by atoms with E-state index in [0.717, 1.165) is 0 Å². The second-order valence-corrected chi connectivity index (χ2v) is 5.02. The zero-order valence-corrected chi connectivity index (χ0v) is 11.3. The topological polar surface area (TPSA) is 41.8 Å². The first kappa shape index (κ1) is 12.0. The highest BCUT2D eigenvalue weighted by Crippen LogP contribution is 2.31. The molecule has 0 aliphatic carbocycles. The van der Waals surface area contributed by atoms with Gasteiger partial charge in [-0.05, 0) is 42.7 Å². The fourth-order valence-electron chi connectivity index (χ4n) is 2.62. The normalized spacial score (nSPS) is 11.1. The minimum atomic E-state index is 0.584. The average molecular weight is 250 g/mol. The first-order valence-electron chi connectivity index (χ1n) is 6.58. The van der Waals surface area contributed by atoms with Gasteiger partial charge in [0, 0.05) is 28.7 Å². The van der Waals surface area contributed by atoms with Gasteiger partial charge in [0.15, 0.2) is 0 Å². The van der Waals surface area contributed by atoms with Gasteiger partial charge in [0.2, 0.25) is 0 Å². The van der Waals surface area contributed by atoms with Crippen molar-refractivity contribution in [3.8, 4) is 11.3 Å². The van der Waals surface area contributed by atoms with Crippen molar-refractivity contribution in [2.24, 2.45) is 5.73 Å². The molecule has 0 atom stereocenters. The van der Waals surface area contributed by atoms with Crippen LogP contribution in [-0.4, -0.2) is 4.98 Å². The highest BCUT2D eigenvalue weighted by molar-refractivity contribution is 5.91. The first-order chi connectivity index (χ1) is 9.20.